The lowest BCUT2D eigenvalue weighted by molar-refractivity contribution is -0.385. The zero-order chi connectivity index (χ0) is 32.7. The van der Waals surface area contributed by atoms with E-state index in [1.165, 1.54) is 60.7 Å². The highest BCUT2D eigenvalue weighted by Gasteiger charge is 2.39. The second kappa shape index (κ2) is 14.9. The van der Waals surface area contributed by atoms with Crippen LogP contribution in [0.15, 0.2) is 72.8 Å². The molecule has 0 spiro atoms. The molecule has 20 heteroatoms. The van der Waals surface area contributed by atoms with Gasteiger partial charge in [0.15, 0.2) is 11.5 Å². The van der Waals surface area contributed by atoms with Gasteiger partial charge in [-0.25, -0.2) is 9.59 Å². The van der Waals surface area contributed by atoms with E-state index >= 15 is 0 Å². The molecule has 0 unspecified atom stereocenters. The molecule has 3 rings (SSSR count). The normalized spacial score (nSPS) is 12.7. The second-order valence-corrected chi connectivity index (χ2v) is 13.1. The van der Waals surface area contributed by atoms with E-state index in [-0.39, 0.29) is 34.2 Å². The molecule has 0 fully saturated rings. The van der Waals surface area contributed by atoms with Gasteiger partial charge in [0, 0.05) is 35.6 Å². The first-order valence-electron chi connectivity index (χ1n) is 11.7. The van der Waals surface area contributed by atoms with Crippen LogP contribution in [0.5, 0.6) is 11.5 Å². The number of non-ortho nitro benzene ring substituents is 2. The van der Waals surface area contributed by atoms with Crippen LogP contribution in [0.25, 0.3) is 0 Å². The summed E-state index contributed by atoms with van der Waals surface area (Å²) in [6.07, 6.45) is -3.38. The number of para-hydroxylation sites is 2. The Kier molecular flexibility index (Phi) is 11.8. The zero-order valence-electron chi connectivity index (χ0n) is 21.5. The van der Waals surface area contributed by atoms with Crippen LogP contribution in [0.4, 0.5) is 32.3 Å². The number of hydrogen-bond acceptors (Lipinski definition) is 8. The van der Waals surface area contributed by atoms with Gasteiger partial charge in [-0.2, -0.15) is 0 Å². The number of hydrogen-bond donors (Lipinski definition) is 4. The molecule has 4 amide bonds. The molecule has 0 heterocycles. The number of halogens is 6. The van der Waals surface area contributed by atoms with Gasteiger partial charge in [-0.05, 0) is 24.3 Å². The molecule has 0 aliphatic carbocycles. The van der Waals surface area contributed by atoms with Crippen molar-refractivity contribution in [3.05, 3.63) is 93.0 Å². The number of anilines is 2. The fourth-order valence-electron chi connectivity index (χ4n) is 3.22. The van der Waals surface area contributed by atoms with Crippen LogP contribution in [0.2, 0.25) is 0 Å². The van der Waals surface area contributed by atoms with Crippen LogP contribution in [0.1, 0.15) is 0 Å². The molecule has 0 aliphatic heterocycles. The largest absolute Gasteiger partial charge is 0.462 e. The number of ether oxygens (including phenoxy) is 2. The minimum absolute atomic E-state index is 0.0588. The quantitative estimate of drug-likeness (QED) is 0.0724. The first-order valence-corrected chi connectivity index (χ1v) is 14.0. The third-order valence-electron chi connectivity index (χ3n) is 5.09. The van der Waals surface area contributed by atoms with E-state index < -0.39 is 41.9 Å². The summed E-state index contributed by atoms with van der Waals surface area (Å²) in [5.41, 5.74) is -0.440. The number of nitrogens with one attached hydrogen (secondary N) is 4. The molecule has 0 saturated carbocycles. The number of nitro groups is 2. The molecule has 0 saturated heterocycles. The average Bonchev–Trinajstić information content (AvgIpc) is 2.92. The monoisotopic (exact) mass is 728 g/mol. The summed E-state index contributed by atoms with van der Waals surface area (Å²) < 4.78 is 6.86. The predicted octanol–water partition coefficient (Wildman–Crippen LogP) is 7.30. The number of alkyl halides is 6. The van der Waals surface area contributed by atoms with Crippen molar-refractivity contribution in [2.24, 2.45) is 0 Å². The summed E-state index contributed by atoms with van der Waals surface area (Å²) in [7, 11) is 0. The summed E-state index contributed by atoms with van der Waals surface area (Å²) in [6, 6.07) is 13.9. The van der Waals surface area contributed by atoms with Crippen molar-refractivity contribution >= 4 is 104 Å². The smallest absolute Gasteiger partial charge is 0.322 e. The maximum Gasteiger partial charge on any atom is 0.322 e. The Balaban J connectivity index is 1.76. The topological polar surface area (TPSA) is 187 Å². The van der Waals surface area contributed by atoms with E-state index in [9.17, 15) is 29.8 Å². The van der Waals surface area contributed by atoms with Crippen molar-refractivity contribution in [1.82, 2.24) is 10.6 Å². The van der Waals surface area contributed by atoms with Gasteiger partial charge >= 0.3 is 12.1 Å². The maximum absolute atomic E-state index is 12.6. The van der Waals surface area contributed by atoms with Gasteiger partial charge in [0.05, 0.1) is 9.85 Å². The van der Waals surface area contributed by atoms with Gasteiger partial charge in [0.25, 0.3) is 11.4 Å². The summed E-state index contributed by atoms with van der Waals surface area (Å²) in [6.45, 7) is 0. The number of rotatable bonds is 10. The maximum atomic E-state index is 12.6. The Bertz CT molecular complexity index is 1420. The molecule has 0 aliphatic rings. The van der Waals surface area contributed by atoms with Gasteiger partial charge in [0.1, 0.15) is 0 Å². The van der Waals surface area contributed by atoms with Crippen LogP contribution < -0.4 is 30.7 Å². The Morgan fingerprint density at radius 3 is 1.32 bits per heavy atom. The van der Waals surface area contributed by atoms with E-state index in [0.717, 1.165) is 12.1 Å². The molecule has 3 aromatic carbocycles. The number of amides is 4. The SMILES string of the molecule is O=C(Nc1cccc([N+](=O)[O-])c1)N[C@H](Oc1ccccc1O[C@H](NC(=O)Nc1cccc([N+](=O)[O-])c1)C(Cl)(Cl)Cl)C(Cl)(Cl)Cl. The van der Waals surface area contributed by atoms with E-state index in [2.05, 4.69) is 21.3 Å². The van der Waals surface area contributed by atoms with Gasteiger partial charge in [-0.15, -0.1) is 0 Å². The van der Waals surface area contributed by atoms with Crippen molar-refractivity contribution in [3.8, 4) is 11.5 Å². The number of urea groups is 2. The molecular weight excluding hydrogens is 713 g/mol. The van der Waals surface area contributed by atoms with Crippen LogP contribution in [-0.2, 0) is 0 Å². The molecule has 234 valence electrons. The average molecular weight is 731 g/mol. The zero-order valence-corrected chi connectivity index (χ0v) is 26.0. The van der Waals surface area contributed by atoms with Crippen molar-refractivity contribution in [3.63, 3.8) is 0 Å². The summed E-state index contributed by atoms with van der Waals surface area (Å²) in [5, 5.41) is 31.3. The third kappa shape index (κ3) is 10.5. The lowest BCUT2D eigenvalue weighted by Gasteiger charge is -2.29. The van der Waals surface area contributed by atoms with Gasteiger partial charge in [-0.3, -0.25) is 30.9 Å². The molecule has 14 nitrogen and oxygen atoms in total. The van der Waals surface area contributed by atoms with Crippen LogP contribution in [0.3, 0.4) is 0 Å². The molecule has 3 aromatic rings. The number of carbonyl (C=O) groups is 2. The Labute approximate surface area is 278 Å². The Morgan fingerprint density at radius 1 is 0.636 bits per heavy atom. The number of nitro benzene ring substituents is 2. The van der Waals surface area contributed by atoms with Crippen LogP contribution in [-0.4, -0.2) is 41.9 Å². The number of nitrogens with zero attached hydrogens (tertiary/aromatic N) is 2. The Hall–Kier alpha value is -3.66. The summed E-state index contributed by atoms with van der Waals surface area (Å²) in [4.78, 5) is 46.0. The fourth-order valence-corrected chi connectivity index (χ4v) is 3.82. The Morgan fingerprint density at radius 2 is 1.00 bits per heavy atom. The highest BCUT2D eigenvalue weighted by atomic mass is 35.6. The van der Waals surface area contributed by atoms with Crippen molar-refractivity contribution < 1.29 is 28.9 Å². The van der Waals surface area contributed by atoms with Crippen molar-refractivity contribution in [1.29, 1.82) is 0 Å². The molecule has 2 atom stereocenters. The van der Waals surface area contributed by atoms with E-state index in [0.29, 0.717) is 0 Å². The molecular formula is C24H18Cl6N6O8. The third-order valence-corrected chi connectivity index (χ3v) is 6.28. The highest BCUT2D eigenvalue weighted by Crippen LogP contribution is 2.38. The van der Waals surface area contributed by atoms with Crippen molar-refractivity contribution in [2.75, 3.05) is 10.6 Å². The number of benzene rings is 3. The molecule has 4 N–H and O–H groups in total. The van der Waals surface area contributed by atoms with Gasteiger partial charge in [0.2, 0.25) is 20.0 Å². The van der Waals surface area contributed by atoms with E-state index in [1.807, 2.05) is 0 Å². The highest BCUT2D eigenvalue weighted by molar-refractivity contribution is 6.68. The standard InChI is InChI=1S/C24H18Cl6N6O8/c25-23(26,27)19(33-21(37)31-13-5-3-7-15(11-13)35(39)40)43-17-9-1-2-10-18(17)44-20(24(28,29)30)34-22(38)32-14-6-4-8-16(12-14)36(41)42/h1-12,19-20H,(H2,31,33,37)(H2,32,34,38)/t19-,20+. The lowest BCUT2D eigenvalue weighted by Crippen LogP contribution is -2.50. The lowest BCUT2D eigenvalue weighted by atomic mass is 10.3. The predicted molar refractivity (Wildman–Crippen MR) is 166 cm³/mol. The van der Waals surface area contributed by atoms with Crippen LogP contribution >= 0.6 is 69.6 Å². The minimum atomic E-state index is -2.28. The van der Waals surface area contributed by atoms with Gasteiger partial charge in [-0.1, -0.05) is 93.9 Å². The first kappa shape index (κ1) is 34.8. The van der Waals surface area contributed by atoms with Gasteiger partial charge < -0.3 is 20.1 Å². The fraction of sp³-hybridized carbons (Fsp3) is 0.167. The minimum Gasteiger partial charge on any atom is -0.462 e. The summed E-state index contributed by atoms with van der Waals surface area (Å²) >= 11 is 36.2. The molecule has 44 heavy (non-hydrogen) atoms. The number of carbonyl (C=O) groups excluding carboxylic acids is 2. The molecule has 0 radical (unpaired) electrons. The molecule has 0 aromatic heterocycles. The van der Waals surface area contributed by atoms with E-state index in [1.54, 1.807) is 0 Å². The molecule has 0 bridgehead atoms. The summed E-state index contributed by atoms with van der Waals surface area (Å²) in [5.74, 6) is -0.306. The van der Waals surface area contributed by atoms with Crippen molar-refractivity contribution in [2.45, 2.75) is 20.0 Å². The van der Waals surface area contributed by atoms with Crippen LogP contribution in [0, 0.1) is 20.2 Å². The van der Waals surface area contributed by atoms with E-state index in [4.69, 9.17) is 79.1 Å². The first-order chi connectivity index (χ1) is 20.5. The second-order valence-electron chi connectivity index (χ2n) is 8.34.